The molecular weight excluding hydrogens is 224 g/mol. The van der Waals surface area contributed by atoms with E-state index >= 15 is 0 Å². The Morgan fingerprint density at radius 2 is 1.83 bits per heavy atom. The largest absolute Gasteiger partial charge is 0.295 e. The minimum absolute atomic E-state index is 0.0189. The molecule has 0 saturated heterocycles. The van der Waals surface area contributed by atoms with Gasteiger partial charge >= 0.3 is 0 Å². The third kappa shape index (κ3) is 2.87. The molecule has 0 aromatic carbocycles. The van der Waals surface area contributed by atoms with Crippen LogP contribution in [0.1, 0.15) is 45.4 Å². The number of ketones is 2. The minimum Gasteiger partial charge on any atom is -0.295 e. The van der Waals surface area contributed by atoms with Crippen molar-refractivity contribution in [1.29, 1.82) is 0 Å². The standard InChI is InChI=1S/C16H20O2/c1-12(17)14-10-6-3-7-11-15(14)16(18)13-8-4-2-5-9-13/h3,6-7,11,13H,2,4-5,8-10H2,1H3. The van der Waals surface area contributed by atoms with Crippen LogP contribution >= 0.6 is 0 Å². The predicted octanol–water partition coefficient (Wildman–Crippen LogP) is 3.54. The first-order valence-electron chi connectivity index (χ1n) is 6.81. The Kier molecular flexibility index (Phi) is 4.29. The Morgan fingerprint density at radius 1 is 1.11 bits per heavy atom. The second-order valence-corrected chi connectivity index (χ2v) is 5.14. The molecule has 0 N–H and O–H groups in total. The van der Waals surface area contributed by atoms with Gasteiger partial charge in [0.2, 0.25) is 0 Å². The normalized spacial score (nSPS) is 20.9. The lowest BCUT2D eigenvalue weighted by molar-refractivity contribution is -0.120. The van der Waals surface area contributed by atoms with Crippen molar-refractivity contribution < 1.29 is 9.59 Å². The van der Waals surface area contributed by atoms with E-state index in [-0.39, 0.29) is 17.5 Å². The summed E-state index contributed by atoms with van der Waals surface area (Å²) < 4.78 is 0. The molecule has 2 rings (SSSR count). The number of Topliss-reactive ketones (excluding diaryl/α,β-unsaturated/α-hetero) is 2. The van der Waals surface area contributed by atoms with Crippen molar-refractivity contribution in [1.82, 2.24) is 0 Å². The summed E-state index contributed by atoms with van der Waals surface area (Å²) in [7, 11) is 0. The third-order valence-electron chi connectivity index (χ3n) is 3.82. The second kappa shape index (κ2) is 5.94. The zero-order valence-electron chi connectivity index (χ0n) is 10.9. The van der Waals surface area contributed by atoms with Crippen molar-refractivity contribution in [3.8, 4) is 0 Å². The summed E-state index contributed by atoms with van der Waals surface area (Å²) in [5.41, 5.74) is 1.33. The van der Waals surface area contributed by atoms with E-state index in [1.165, 1.54) is 6.42 Å². The predicted molar refractivity (Wildman–Crippen MR) is 72.2 cm³/mol. The summed E-state index contributed by atoms with van der Waals surface area (Å²) >= 11 is 0. The monoisotopic (exact) mass is 244 g/mol. The topological polar surface area (TPSA) is 34.1 Å². The number of hydrogen-bond donors (Lipinski definition) is 0. The molecule has 0 heterocycles. The van der Waals surface area contributed by atoms with Crippen molar-refractivity contribution in [3.63, 3.8) is 0 Å². The van der Waals surface area contributed by atoms with Gasteiger partial charge in [-0.1, -0.05) is 43.6 Å². The SMILES string of the molecule is CC(=O)C1=C(C(=O)C2CCCCC2)C=CC=CC1. The van der Waals surface area contributed by atoms with E-state index in [4.69, 9.17) is 0 Å². The van der Waals surface area contributed by atoms with Crippen LogP contribution in [0.3, 0.4) is 0 Å². The second-order valence-electron chi connectivity index (χ2n) is 5.14. The lowest BCUT2D eigenvalue weighted by atomic mass is 9.82. The lowest BCUT2D eigenvalue weighted by Gasteiger charge is -2.21. The molecule has 0 spiro atoms. The fourth-order valence-electron chi connectivity index (χ4n) is 2.78. The molecule has 0 aliphatic heterocycles. The first-order chi connectivity index (χ1) is 8.70. The molecule has 2 nitrogen and oxygen atoms in total. The van der Waals surface area contributed by atoms with E-state index in [1.807, 2.05) is 24.3 Å². The summed E-state index contributed by atoms with van der Waals surface area (Å²) in [6.45, 7) is 1.55. The van der Waals surface area contributed by atoms with Gasteiger partial charge in [0.1, 0.15) is 0 Å². The van der Waals surface area contributed by atoms with Crippen LogP contribution in [0.5, 0.6) is 0 Å². The van der Waals surface area contributed by atoms with Gasteiger partial charge < -0.3 is 0 Å². The van der Waals surface area contributed by atoms with Crippen LogP contribution in [-0.2, 0) is 9.59 Å². The maximum Gasteiger partial charge on any atom is 0.166 e. The van der Waals surface area contributed by atoms with Gasteiger partial charge in [-0.15, -0.1) is 0 Å². The van der Waals surface area contributed by atoms with E-state index in [2.05, 4.69) is 0 Å². The zero-order valence-corrected chi connectivity index (χ0v) is 10.9. The Bertz CT molecular complexity index is 432. The van der Waals surface area contributed by atoms with E-state index in [0.29, 0.717) is 17.6 Å². The van der Waals surface area contributed by atoms with Crippen molar-refractivity contribution in [2.45, 2.75) is 45.4 Å². The van der Waals surface area contributed by atoms with E-state index in [1.54, 1.807) is 6.92 Å². The van der Waals surface area contributed by atoms with Gasteiger partial charge in [-0.2, -0.15) is 0 Å². The highest BCUT2D eigenvalue weighted by atomic mass is 16.1. The van der Waals surface area contributed by atoms with Crippen molar-refractivity contribution >= 4 is 11.6 Å². The highest BCUT2D eigenvalue weighted by Crippen LogP contribution is 2.29. The highest BCUT2D eigenvalue weighted by Gasteiger charge is 2.25. The van der Waals surface area contributed by atoms with Crippen molar-refractivity contribution in [2.24, 2.45) is 5.92 Å². The number of carbonyl (C=O) groups excluding carboxylic acids is 2. The van der Waals surface area contributed by atoms with Crippen LogP contribution in [0.15, 0.2) is 35.5 Å². The average molecular weight is 244 g/mol. The van der Waals surface area contributed by atoms with Crippen LogP contribution in [-0.4, -0.2) is 11.6 Å². The van der Waals surface area contributed by atoms with Gasteiger partial charge in [0.05, 0.1) is 0 Å². The zero-order chi connectivity index (χ0) is 13.0. The number of allylic oxidation sites excluding steroid dienone is 6. The molecule has 2 heteroatoms. The van der Waals surface area contributed by atoms with E-state index < -0.39 is 0 Å². The molecule has 0 aromatic rings. The fraction of sp³-hybridized carbons (Fsp3) is 0.500. The molecule has 0 bridgehead atoms. The molecule has 0 atom stereocenters. The molecule has 2 aliphatic rings. The van der Waals surface area contributed by atoms with Crippen LogP contribution in [0.2, 0.25) is 0 Å². The molecule has 0 radical (unpaired) electrons. The quantitative estimate of drug-likeness (QED) is 0.761. The Labute approximate surface area is 108 Å². The van der Waals surface area contributed by atoms with Crippen molar-refractivity contribution in [3.05, 3.63) is 35.5 Å². The maximum absolute atomic E-state index is 12.5. The van der Waals surface area contributed by atoms with Gasteiger partial charge in [-0.3, -0.25) is 9.59 Å². The third-order valence-corrected chi connectivity index (χ3v) is 3.82. The lowest BCUT2D eigenvalue weighted by Crippen LogP contribution is -2.21. The van der Waals surface area contributed by atoms with Gasteiger partial charge in [-0.05, 0) is 26.2 Å². The Hall–Kier alpha value is -1.44. The molecule has 0 aromatic heterocycles. The van der Waals surface area contributed by atoms with Gasteiger partial charge in [0, 0.05) is 17.1 Å². The van der Waals surface area contributed by atoms with Gasteiger partial charge in [0.25, 0.3) is 0 Å². The van der Waals surface area contributed by atoms with Crippen LogP contribution in [0, 0.1) is 5.92 Å². The summed E-state index contributed by atoms with van der Waals surface area (Å²) in [6.07, 6.45) is 13.6. The molecule has 1 fully saturated rings. The van der Waals surface area contributed by atoms with Crippen LogP contribution in [0.4, 0.5) is 0 Å². The molecule has 1 saturated carbocycles. The summed E-state index contributed by atoms with van der Waals surface area (Å²) in [5.74, 6) is 0.330. The number of rotatable bonds is 3. The molecule has 96 valence electrons. The van der Waals surface area contributed by atoms with E-state index in [9.17, 15) is 9.59 Å². The minimum atomic E-state index is 0.0189. The number of carbonyl (C=O) groups is 2. The van der Waals surface area contributed by atoms with Gasteiger partial charge in [-0.25, -0.2) is 0 Å². The first-order valence-corrected chi connectivity index (χ1v) is 6.81. The molecule has 0 unspecified atom stereocenters. The fourth-order valence-corrected chi connectivity index (χ4v) is 2.78. The van der Waals surface area contributed by atoms with Crippen LogP contribution in [0.25, 0.3) is 0 Å². The smallest absolute Gasteiger partial charge is 0.166 e. The Morgan fingerprint density at radius 3 is 2.50 bits per heavy atom. The Balaban J connectivity index is 2.27. The van der Waals surface area contributed by atoms with E-state index in [0.717, 1.165) is 25.7 Å². The van der Waals surface area contributed by atoms with Crippen LogP contribution < -0.4 is 0 Å². The molecule has 0 amide bonds. The highest BCUT2D eigenvalue weighted by molar-refractivity contribution is 6.08. The first kappa shape index (κ1) is 13.0. The molecule has 18 heavy (non-hydrogen) atoms. The maximum atomic E-state index is 12.5. The van der Waals surface area contributed by atoms with Crippen molar-refractivity contribution in [2.75, 3.05) is 0 Å². The number of hydrogen-bond acceptors (Lipinski definition) is 2. The van der Waals surface area contributed by atoms with Gasteiger partial charge in [0.15, 0.2) is 11.6 Å². The molecular formula is C16H20O2. The molecule has 2 aliphatic carbocycles. The summed E-state index contributed by atoms with van der Waals surface area (Å²) in [5, 5.41) is 0. The summed E-state index contributed by atoms with van der Waals surface area (Å²) in [4.78, 5) is 24.2. The summed E-state index contributed by atoms with van der Waals surface area (Å²) in [6, 6.07) is 0. The average Bonchev–Trinajstić information content (AvgIpc) is 2.64.